The fourth-order valence-electron chi connectivity index (χ4n) is 0.579. The molecule has 5 nitrogen and oxygen atoms in total. The van der Waals surface area contributed by atoms with Gasteiger partial charge in [0.2, 0.25) is 0 Å². The van der Waals surface area contributed by atoms with E-state index in [9.17, 15) is 13.6 Å². The average Bonchev–Trinajstić information content (AvgIpc) is 2.11. The standard InChI is InChI=1S/C7H12O5S.K.H/c1-3-6(5-11-13(9)10)12-7(8)4-2;;/h4,6H,2-3,5H2,1H3,(H,9,10);;/q;+1;-1/p-1. The van der Waals surface area contributed by atoms with Crippen LogP contribution >= 0.6 is 0 Å². The van der Waals surface area contributed by atoms with E-state index >= 15 is 0 Å². The van der Waals surface area contributed by atoms with Crippen LogP contribution in [0.5, 0.6) is 0 Å². The molecule has 0 rings (SSSR count). The Kier molecular flexibility index (Phi) is 12.9. The number of carbonyl (C=O) groups is 1. The zero-order chi connectivity index (χ0) is 10.3. The minimum Gasteiger partial charge on any atom is -1.00 e. The van der Waals surface area contributed by atoms with Crippen LogP contribution in [0.2, 0.25) is 0 Å². The molecule has 0 aromatic carbocycles. The Hall–Kier alpha value is 0.916. The Morgan fingerprint density at radius 3 is 2.71 bits per heavy atom. The van der Waals surface area contributed by atoms with Crippen molar-refractivity contribution in [3.05, 3.63) is 12.7 Å². The molecule has 0 saturated heterocycles. The summed E-state index contributed by atoms with van der Waals surface area (Å²) in [6.07, 6.45) is 0.941. The first-order valence-corrected chi connectivity index (χ1v) is 4.65. The SMILES string of the molecule is C=CC(=O)OC(CC)COS(=O)[O-].[H-].[K+]. The van der Waals surface area contributed by atoms with Gasteiger partial charge in [0, 0.05) is 6.08 Å². The van der Waals surface area contributed by atoms with Gasteiger partial charge < -0.3 is 10.7 Å². The van der Waals surface area contributed by atoms with E-state index in [4.69, 9.17) is 4.74 Å². The Morgan fingerprint density at radius 2 is 2.36 bits per heavy atom. The topological polar surface area (TPSA) is 75.7 Å². The average molecular weight is 247 g/mol. The number of hydrogen-bond donors (Lipinski definition) is 0. The summed E-state index contributed by atoms with van der Waals surface area (Å²) in [4.78, 5) is 10.7. The van der Waals surface area contributed by atoms with E-state index < -0.39 is 23.4 Å². The van der Waals surface area contributed by atoms with Crippen LogP contribution in [0.25, 0.3) is 0 Å². The molecule has 2 atom stereocenters. The second kappa shape index (κ2) is 10.4. The number of hydrogen-bond acceptors (Lipinski definition) is 5. The maximum absolute atomic E-state index is 10.7. The normalized spacial score (nSPS) is 13.6. The van der Waals surface area contributed by atoms with Crippen molar-refractivity contribution in [2.24, 2.45) is 0 Å². The fourth-order valence-corrected chi connectivity index (χ4v) is 0.842. The van der Waals surface area contributed by atoms with Crippen LogP contribution in [0.4, 0.5) is 0 Å². The van der Waals surface area contributed by atoms with Gasteiger partial charge in [-0.15, -0.1) is 0 Å². The summed E-state index contributed by atoms with van der Waals surface area (Å²) in [6.45, 7) is 4.79. The van der Waals surface area contributed by atoms with Gasteiger partial charge in [-0.3, -0.25) is 4.18 Å². The van der Waals surface area contributed by atoms with Crippen LogP contribution in [-0.2, 0) is 25.1 Å². The first-order chi connectivity index (χ1) is 6.10. The minimum atomic E-state index is -2.57. The zero-order valence-electron chi connectivity index (χ0n) is 9.23. The predicted octanol–water partition coefficient (Wildman–Crippen LogP) is -2.58. The Balaban J connectivity index is -0.000000720. The largest absolute Gasteiger partial charge is 1.00 e. The van der Waals surface area contributed by atoms with Gasteiger partial charge in [0.15, 0.2) is 0 Å². The molecule has 0 aliphatic heterocycles. The second-order valence-electron chi connectivity index (χ2n) is 2.16. The predicted molar refractivity (Wildman–Crippen MR) is 46.4 cm³/mol. The van der Waals surface area contributed by atoms with Gasteiger partial charge >= 0.3 is 57.4 Å². The summed E-state index contributed by atoms with van der Waals surface area (Å²) in [5, 5.41) is 0. The Bertz CT molecular complexity index is 214. The maximum Gasteiger partial charge on any atom is 1.00 e. The van der Waals surface area contributed by atoms with Crippen LogP contribution in [-0.4, -0.2) is 27.4 Å². The second-order valence-corrected chi connectivity index (χ2v) is 2.80. The van der Waals surface area contributed by atoms with Crippen LogP contribution < -0.4 is 51.4 Å². The third-order valence-electron chi connectivity index (χ3n) is 1.25. The zero-order valence-corrected chi connectivity index (χ0v) is 12.2. The number of esters is 1. The minimum absolute atomic E-state index is 0. The van der Waals surface area contributed by atoms with Gasteiger partial charge in [0.25, 0.3) is 0 Å². The van der Waals surface area contributed by atoms with Gasteiger partial charge in [-0.2, -0.15) is 0 Å². The quantitative estimate of drug-likeness (QED) is 0.223. The molecule has 14 heavy (non-hydrogen) atoms. The molecule has 78 valence electrons. The molecule has 0 spiro atoms. The molecule has 0 aromatic heterocycles. The molecule has 0 heterocycles. The van der Waals surface area contributed by atoms with Crippen molar-refractivity contribution in [3.63, 3.8) is 0 Å². The summed E-state index contributed by atoms with van der Waals surface area (Å²) in [7, 11) is 0. The first-order valence-electron chi connectivity index (χ1n) is 3.65. The van der Waals surface area contributed by atoms with E-state index in [1.54, 1.807) is 6.92 Å². The van der Waals surface area contributed by atoms with Gasteiger partial charge in [-0.25, -0.2) is 9.00 Å². The third kappa shape index (κ3) is 9.47. The van der Waals surface area contributed by atoms with Crippen molar-refractivity contribution in [1.82, 2.24) is 0 Å². The molecule has 0 radical (unpaired) electrons. The summed E-state index contributed by atoms with van der Waals surface area (Å²) in [6, 6.07) is 0. The van der Waals surface area contributed by atoms with Gasteiger partial charge in [0.05, 0.1) is 18.0 Å². The molecule has 0 saturated carbocycles. The van der Waals surface area contributed by atoms with Crippen LogP contribution in [0.15, 0.2) is 12.7 Å². The number of carbonyl (C=O) groups excluding carboxylic acids is 1. The van der Waals surface area contributed by atoms with Crippen LogP contribution in [0.3, 0.4) is 0 Å². The van der Waals surface area contributed by atoms with E-state index in [0.29, 0.717) is 6.42 Å². The first kappa shape index (κ1) is 17.3. The third-order valence-corrected chi connectivity index (χ3v) is 1.58. The van der Waals surface area contributed by atoms with Crippen molar-refractivity contribution < 1.29 is 75.3 Å². The van der Waals surface area contributed by atoms with Gasteiger partial charge in [-0.05, 0) is 6.42 Å². The van der Waals surface area contributed by atoms with E-state index in [0.717, 1.165) is 6.08 Å². The monoisotopic (exact) mass is 247 g/mol. The van der Waals surface area contributed by atoms with E-state index in [-0.39, 0.29) is 59.4 Å². The van der Waals surface area contributed by atoms with E-state index in [1.165, 1.54) is 0 Å². The Morgan fingerprint density at radius 1 is 1.79 bits per heavy atom. The van der Waals surface area contributed by atoms with Crippen molar-refractivity contribution in [2.45, 2.75) is 19.4 Å². The summed E-state index contributed by atoms with van der Waals surface area (Å²) >= 11 is -2.57. The maximum atomic E-state index is 10.7. The molecular formula is C7H12KO5S-. The van der Waals surface area contributed by atoms with Crippen LogP contribution in [0.1, 0.15) is 14.8 Å². The molecule has 0 N–H and O–H groups in total. The smallest absolute Gasteiger partial charge is 1.00 e. The van der Waals surface area contributed by atoms with E-state index in [1.807, 2.05) is 0 Å². The molecule has 2 unspecified atom stereocenters. The van der Waals surface area contributed by atoms with Crippen molar-refractivity contribution in [3.8, 4) is 0 Å². The van der Waals surface area contributed by atoms with Crippen molar-refractivity contribution in [2.75, 3.05) is 6.61 Å². The van der Waals surface area contributed by atoms with Crippen molar-refractivity contribution in [1.29, 1.82) is 0 Å². The molecule has 0 fully saturated rings. The molecule has 0 aliphatic carbocycles. The van der Waals surface area contributed by atoms with Crippen molar-refractivity contribution >= 4 is 17.3 Å². The Labute approximate surface area is 130 Å². The fraction of sp³-hybridized carbons (Fsp3) is 0.571. The summed E-state index contributed by atoms with van der Waals surface area (Å²) < 4.78 is 29.0. The number of ether oxygens (including phenoxy) is 1. The number of rotatable bonds is 6. The molecule has 7 heteroatoms. The molecular weight excluding hydrogens is 235 g/mol. The van der Waals surface area contributed by atoms with Gasteiger partial charge in [0.1, 0.15) is 6.10 Å². The van der Waals surface area contributed by atoms with Crippen LogP contribution in [0, 0.1) is 0 Å². The molecule has 0 aromatic rings. The van der Waals surface area contributed by atoms with E-state index in [2.05, 4.69) is 10.8 Å². The molecule has 0 aliphatic rings. The molecule has 0 amide bonds. The summed E-state index contributed by atoms with van der Waals surface area (Å²) in [5.74, 6) is -0.591. The summed E-state index contributed by atoms with van der Waals surface area (Å²) in [5.41, 5.74) is 0. The molecule has 0 bridgehead atoms. The van der Waals surface area contributed by atoms with Gasteiger partial charge in [-0.1, -0.05) is 13.5 Å².